The lowest BCUT2D eigenvalue weighted by Crippen LogP contribution is -2.46. The summed E-state index contributed by atoms with van der Waals surface area (Å²) in [6.45, 7) is 3.68. The van der Waals surface area contributed by atoms with Gasteiger partial charge in [-0.15, -0.1) is 0 Å². The van der Waals surface area contributed by atoms with Crippen LogP contribution in [0.25, 0.3) is 0 Å². The van der Waals surface area contributed by atoms with E-state index in [1.54, 1.807) is 0 Å². The molecule has 19 heavy (non-hydrogen) atoms. The summed E-state index contributed by atoms with van der Waals surface area (Å²) in [5.41, 5.74) is 5.41. The fourth-order valence-electron chi connectivity index (χ4n) is 1.93. The van der Waals surface area contributed by atoms with Crippen molar-refractivity contribution in [2.24, 2.45) is 16.3 Å². The van der Waals surface area contributed by atoms with E-state index in [2.05, 4.69) is 33.1 Å². The fourth-order valence-corrected chi connectivity index (χ4v) is 2.29. The molecule has 0 unspecified atom stereocenters. The highest BCUT2D eigenvalue weighted by atomic mass is 127. The smallest absolute Gasteiger partial charge is 0.238 e. The second kappa shape index (κ2) is 6.74. The predicted octanol–water partition coefficient (Wildman–Crippen LogP) is 2.78. The number of nitrogens with zero attached hydrogens (tertiary/aromatic N) is 1. The Labute approximate surface area is 126 Å². The Bertz CT molecular complexity index is 467. The van der Waals surface area contributed by atoms with Crippen LogP contribution in [0.2, 0.25) is 0 Å². The maximum atomic E-state index is 12.4. The maximum absolute atomic E-state index is 12.4. The number of amides is 1. The van der Waals surface area contributed by atoms with Gasteiger partial charge in [0.2, 0.25) is 5.91 Å². The summed E-state index contributed by atoms with van der Waals surface area (Å²) < 4.78 is 1.09. The number of amidine groups is 1. The van der Waals surface area contributed by atoms with E-state index in [1.165, 1.54) is 0 Å². The third-order valence-corrected chi connectivity index (χ3v) is 4.06. The SMILES string of the molecule is CCC(CC)(C(=O)Nc1ccc(I)cc1)C(N)=NO. The molecule has 0 saturated heterocycles. The molecule has 0 atom stereocenters. The molecule has 0 spiro atoms. The van der Waals surface area contributed by atoms with E-state index in [4.69, 9.17) is 10.9 Å². The Morgan fingerprint density at radius 2 is 1.89 bits per heavy atom. The minimum atomic E-state index is -0.974. The number of hydrogen-bond acceptors (Lipinski definition) is 3. The number of hydrogen-bond donors (Lipinski definition) is 3. The monoisotopic (exact) mass is 375 g/mol. The highest BCUT2D eigenvalue weighted by Gasteiger charge is 2.39. The van der Waals surface area contributed by atoms with Crippen molar-refractivity contribution in [1.82, 2.24) is 0 Å². The van der Waals surface area contributed by atoms with E-state index in [1.807, 2.05) is 38.1 Å². The third kappa shape index (κ3) is 3.37. The number of halogens is 1. The van der Waals surface area contributed by atoms with E-state index >= 15 is 0 Å². The highest BCUT2D eigenvalue weighted by Crippen LogP contribution is 2.28. The molecule has 0 saturated carbocycles. The molecule has 4 N–H and O–H groups in total. The number of oxime groups is 1. The van der Waals surface area contributed by atoms with Gasteiger partial charge in [0, 0.05) is 9.26 Å². The number of benzene rings is 1. The average molecular weight is 375 g/mol. The number of nitrogens with two attached hydrogens (primary N) is 1. The Balaban J connectivity index is 2.98. The zero-order valence-electron chi connectivity index (χ0n) is 11.0. The van der Waals surface area contributed by atoms with E-state index in [0.29, 0.717) is 18.5 Å². The molecule has 1 rings (SSSR count). The summed E-state index contributed by atoms with van der Waals surface area (Å²) >= 11 is 2.19. The van der Waals surface area contributed by atoms with E-state index < -0.39 is 5.41 Å². The normalized spacial score (nSPS) is 12.3. The summed E-state index contributed by atoms with van der Waals surface area (Å²) in [6, 6.07) is 7.45. The quantitative estimate of drug-likeness (QED) is 0.243. The van der Waals surface area contributed by atoms with Crippen LogP contribution in [0, 0.1) is 8.99 Å². The molecule has 0 aliphatic rings. The molecular weight excluding hydrogens is 357 g/mol. The van der Waals surface area contributed by atoms with Crippen LogP contribution < -0.4 is 11.1 Å². The summed E-state index contributed by atoms with van der Waals surface area (Å²) in [7, 11) is 0. The molecule has 0 aliphatic carbocycles. The topological polar surface area (TPSA) is 87.7 Å². The van der Waals surface area contributed by atoms with Gasteiger partial charge in [-0.05, 0) is 59.7 Å². The van der Waals surface area contributed by atoms with Gasteiger partial charge >= 0.3 is 0 Å². The number of nitrogens with one attached hydrogen (secondary N) is 1. The van der Waals surface area contributed by atoms with Crippen molar-refractivity contribution in [3.05, 3.63) is 27.8 Å². The van der Waals surface area contributed by atoms with Gasteiger partial charge < -0.3 is 16.3 Å². The van der Waals surface area contributed by atoms with Crippen molar-refractivity contribution < 1.29 is 10.0 Å². The summed E-state index contributed by atoms with van der Waals surface area (Å²) in [5.74, 6) is -0.311. The minimum Gasteiger partial charge on any atom is -0.409 e. The van der Waals surface area contributed by atoms with Crippen LogP contribution in [0.3, 0.4) is 0 Å². The Morgan fingerprint density at radius 1 is 1.37 bits per heavy atom. The lowest BCUT2D eigenvalue weighted by Gasteiger charge is -2.28. The van der Waals surface area contributed by atoms with Crippen LogP contribution in [0.15, 0.2) is 29.4 Å². The Hall–Kier alpha value is -1.31. The molecule has 104 valence electrons. The van der Waals surface area contributed by atoms with Gasteiger partial charge in [-0.1, -0.05) is 19.0 Å². The van der Waals surface area contributed by atoms with Crippen molar-refractivity contribution in [3.63, 3.8) is 0 Å². The Morgan fingerprint density at radius 3 is 2.32 bits per heavy atom. The lowest BCUT2D eigenvalue weighted by atomic mass is 9.80. The van der Waals surface area contributed by atoms with Gasteiger partial charge in [-0.3, -0.25) is 4.79 Å². The molecule has 0 fully saturated rings. The average Bonchev–Trinajstić information content (AvgIpc) is 2.43. The first kappa shape index (κ1) is 15.7. The first-order valence-corrected chi connectivity index (χ1v) is 7.13. The second-order valence-electron chi connectivity index (χ2n) is 4.24. The van der Waals surface area contributed by atoms with Crippen molar-refractivity contribution in [3.8, 4) is 0 Å². The number of anilines is 1. The lowest BCUT2D eigenvalue weighted by molar-refractivity contribution is -0.122. The number of carbonyl (C=O) groups excluding carboxylic acids is 1. The first-order chi connectivity index (χ1) is 9.00. The standard InChI is InChI=1S/C13H18IN3O2/c1-3-13(4-2,11(15)17-19)12(18)16-10-7-5-9(14)6-8-10/h5-8,19H,3-4H2,1-2H3,(H2,15,17)(H,16,18). The van der Waals surface area contributed by atoms with Crippen LogP contribution in [-0.2, 0) is 4.79 Å². The molecule has 5 nitrogen and oxygen atoms in total. The van der Waals surface area contributed by atoms with Crippen molar-refractivity contribution >= 4 is 40.0 Å². The van der Waals surface area contributed by atoms with Gasteiger partial charge in [0.15, 0.2) is 5.84 Å². The fraction of sp³-hybridized carbons (Fsp3) is 0.385. The molecule has 1 amide bonds. The molecule has 0 aromatic heterocycles. The third-order valence-electron chi connectivity index (χ3n) is 3.34. The molecule has 0 aliphatic heterocycles. The summed E-state index contributed by atoms with van der Waals surface area (Å²) in [6.07, 6.45) is 0.936. The van der Waals surface area contributed by atoms with E-state index in [9.17, 15) is 4.79 Å². The first-order valence-electron chi connectivity index (χ1n) is 6.05. The van der Waals surface area contributed by atoms with Gasteiger partial charge in [-0.25, -0.2) is 0 Å². The highest BCUT2D eigenvalue weighted by molar-refractivity contribution is 14.1. The predicted molar refractivity (Wildman–Crippen MR) is 84.2 cm³/mol. The van der Waals surface area contributed by atoms with Crippen molar-refractivity contribution in [1.29, 1.82) is 0 Å². The molecule has 1 aromatic carbocycles. The molecule has 0 bridgehead atoms. The molecule has 0 heterocycles. The van der Waals surface area contributed by atoms with Gasteiger partial charge in [-0.2, -0.15) is 0 Å². The Kier molecular flexibility index (Phi) is 5.59. The summed E-state index contributed by atoms with van der Waals surface area (Å²) in [4.78, 5) is 12.4. The number of rotatable bonds is 5. The molecule has 0 radical (unpaired) electrons. The number of carbonyl (C=O) groups is 1. The van der Waals surface area contributed by atoms with Crippen LogP contribution in [-0.4, -0.2) is 17.0 Å². The van der Waals surface area contributed by atoms with Crippen LogP contribution in [0.5, 0.6) is 0 Å². The van der Waals surface area contributed by atoms with E-state index in [0.717, 1.165) is 3.57 Å². The minimum absolute atomic E-state index is 0.0551. The van der Waals surface area contributed by atoms with Crippen molar-refractivity contribution in [2.75, 3.05) is 5.32 Å². The summed E-state index contributed by atoms with van der Waals surface area (Å²) in [5, 5.41) is 14.7. The second-order valence-corrected chi connectivity index (χ2v) is 5.48. The van der Waals surface area contributed by atoms with Crippen LogP contribution in [0.1, 0.15) is 26.7 Å². The van der Waals surface area contributed by atoms with Crippen molar-refractivity contribution in [2.45, 2.75) is 26.7 Å². The largest absolute Gasteiger partial charge is 0.409 e. The molecule has 6 heteroatoms. The van der Waals surface area contributed by atoms with Gasteiger partial charge in [0.25, 0.3) is 0 Å². The van der Waals surface area contributed by atoms with Crippen LogP contribution in [0.4, 0.5) is 5.69 Å². The maximum Gasteiger partial charge on any atom is 0.238 e. The molecule has 1 aromatic rings. The van der Waals surface area contributed by atoms with Gasteiger partial charge in [0.05, 0.1) is 0 Å². The zero-order valence-corrected chi connectivity index (χ0v) is 13.1. The zero-order chi connectivity index (χ0) is 14.5. The molecular formula is C13H18IN3O2. The van der Waals surface area contributed by atoms with Crippen LogP contribution >= 0.6 is 22.6 Å². The van der Waals surface area contributed by atoms with E-state index in [-0.39, 0.29) is 11.7 Å². The van der Waals surface area contributed by atoms with Gasteiger partial charge in [0.1, 0.15) is 5.41 Å².